The zero-order chi connectivity index (χ0) is 15.5. The molecule has 112 valence electrons. The molecule has 3 nitrogen and oxygen atoms in total. The third-order valence-corrected chi connectivity index (χ3v) is 4.71. The van der Waals surface area contributed by atoms with E-state index < -0.39 is 17.4 Å². The second-order valence-electron chi connectivity index (χ2n) is 6.09. The van der Waals surface area contributed by atoms with Gasteiger partial charge in [0.15, 0.2) is 23.2 Å². The van der Waals surface area contributed by atoms with Gasteiger partial charge in [-0.1, -0.05) is 0 Å². The summed E-state index contributed by atoms with van der Waals surface area (Å²) >= 11 is 0. The molecule has 1 fully saturated rings. The van der Waals surface area contributed by atoms with Crippen molar-refractivity contribution in [2.45, 2.75) is 25.7 Å². The van der Waals surface area contributed by atoms with Crippen LogP contribution in [0.25, 0.3) is 11.3 Å². The fourth-order valence-corrected chi connectivity index (χ4v) is 3.16. The Morgan fingerprint density at radius 2 is 1.77 bits per heavy atom. The predicted octanol–water partition coefficient (Wildman–Crippen LogP) is 3.64. The van der Waals surface area contributed by atoms with E-state index in [4.69, 9.17) is 5.11 Å². The van der Waals surface area contributed by atoms with Crippen molar-refractivity contribution < 1.29 is 18.7 Å². The van der Waals surface area contributed by atoms with Crippen molar-refractivity contribution in [3.63, 3.8) is 0 Å². The van der Waals surface area contributed by atoms with Crippen LogP contribution in [0.15, 0.2) is 24.3 Å². The molecule has 1 spiro atoms. The van der Waals surface area contributed by atoms with E-state index in [9.17, 15) is 13.6 Å². The van der Waals surface area contributed by atoms with E-state index in [-0.39, 0.29) is 16.8 Å². The fraction of sp³-hybridized carbons (Fsp3) is 0.294. The molecule has 4 rings (SSSR count). The van der Waals surface area contributed by atoms with E-state index in [2.05, 4.69) is 4.98 Å². The summed E-state index contributed by atoms with van der Waals surface area (Å²) in [4.78, 5) is 16.8. The average Bonchev–Trinajstić information content (AvgIpc) is 3.29. The van der Waals surface area contributed by atoms with Gasteiger partial charge in [0.25, 0.3) is 0 Å². The van der Waals surface area contributed by atoms with Crippen molar-refractivity contribution in [2.75, 3.05) is 0 Å². The number of benzene rings is 1. The second-order valence-corrected chi connectivity index (χ2v) is 6.09. The van der Waals surface area contributed by atoms with Crippen molar-refractivity contribution >= 4 is 5.78 Å². The van der Waals surface area contributed by atoms with Gasteiger partial charge in [0.05, 0.1) is 11.4 Å². The van der Waals surface area contributed by atoms with Gasteiger partial charge >= 0.3 is 0 Å². The number of phenols is 1. The number of nitrogens with zero attached hydrogens (tertiary/aromatic N) is 1. The Kier molecular flexibility index (Phi) is 2.64. The first kappa shape index (κ1) is 13.4. The van der Waals surface area contributed by atoms with Gasteiger partial charge in [0, 0.05) is 16.5 Å². The highest BCUT2D eigenvalue weighted by atomic mass is 19.1. The van der Waals surface area contributed by atoms with Crippen LogP contribution in [-0.2, 0) is 6.42 Å². The molecule has 0 aliphatic heterocycles. The monoisotopic (exact) mass is 301 g/mol. The van der Waals surface area contributed by atoms with Crippen LogP contribution in [-0.4, -0.2) is 15.9 Å². The highest BCUT2D eigenvalue weighted by molar-refractivity contribution is 6.04. The lowest BCUT2D eigenvalue weighted by molar-refractivity contribution is 0.0879. The Morgan fingerprint density at radius 1 is 1.09 bits per heavy atom. The predicted molar refractivity (Wildman–Crippen MR) is 75.6 cm³/mol. The molecule has 0 amide bonds. The van der Waals surface area contributed by atoms with E-state index in [0.717, 1.165) is 31.4 Å². The van der Waals surface area contributed by atoms with Crippen molar-refractivity contribution in [2.24, 2.45) is 5.41 Å². The van der Waals surface area contributed by atoms with E-state index in [1.807, 2.05) is 0 Å². The molecule has 1 N–H and O–H groups in total. The zero-order valence-corrected chi connectivity index (χ0v) is 11.7. The Balaban J connectivity index is 1.78. The Morgan fingerprint density at radius 3 is 2.41 bits per heavy atom. The maximum absolute atomic E-state index is 13.5. The molecule has 1 saturated carbocycles. The van der Waals surface area contributed by atoms with E-state index in [0.29, 0.717) is 23.4 Å². The van der Waals surface area contributed by atoms with Crippen LogP contribution in [0.3, 0.4) is 0 Å². The number of carbonyl (C=O) groups excluding carboxylic acids is 1. The number of aryl methyl sites for hydroxylation is 1. The Labute approximate surface area is 125 Å². The number of aromatic nitrogens is 1. The van der Waals surface area contributed by atoms with E-state index in [1.54, 1.807) is 12.1 Å². The highest BCUT2D eigenvalue weighted by Gasteiger charge is 2.52. The lowest BCUT2D eigenvalue weighted by Gasteiger charge is -2.22. The minimum Gasteiger partial charge on any atom is -0.503 e. The average molecular weight is 301 g/mol. The zero-order valence-electron chi connectivity index (χ0n) is 11.7. The van der Waals surface area contributed by atoms with Gasteiger partial charge in [-0.05, 0) is 49.9 Å². The number of carbonyl (C=O) groups is 1. The highest BCUT2D eigenvalue weighted by Crippen LogP contribution is 2.54. The topological polar surface area (TPSA) is 50.2 Å². The quantitative estimate of drug-likeness (QED) is 0.875. The van der Waals surface area contributed by atoms with Gasteiger partial charge in [0.2, 0.25) is 0 Å². The maximum atomic E-state index is 13.5. The summed E-state index contributed by atoms with van der Waals surface area (Å²) < 4.78 is 26.9. The van der Waals surface area contributed by atoms with Crippen LogP contribution < -0.4 is 0 Å². The molecule has 2 aliphatic carbocycles. The number of aromatic hydroxyl groups is 1. The minimum absolute atomic E-state index is 0.149. The fourth-order valence-electron chi connectivity index (χ4n) is 3.16. The molecule has 2 aliphatic rings. The lowest BCUT2D eigenvalue weighted by Crippen LogP contribution is -2.24. The minimum atomic E-state index is -1.03. The first-order chi connectivity index (χ1) is 10.5. The van der Waals surface area contributed by atoms with Gasteiger partial charge in [-0.2, -0.15) is 0 Å². The summed E-state index contributed by atoms with van der Waals surface area (Å²) in [6.07, 6.45) is 3.40. The van der Waals surface area contributed by atoms with E-state index in [1.165, 1.54) is 0 Å². The number of rotatable bonds is 1. The molecule has 2 aromatic rings. The number of fused-ring (bicyclic) bond motifs is 1. The largest absolute Gasteiger partial charge is 0.503 e. The number of Topliss-reactive ketones (excluding diaryl/α,β-unsaturated/α-hetero) is 1. The molecule has 22 heavy (non-hydrogen) atoms. The molecular formula is C17H13F2NO2. The van der Waals surface area contributed by atoms with Gasteiger partial charge < -0.3 is 5.11 Å². The third-order valence-electron chi connectivity index (χ3n) is 4.71. The number of phenolic OH excluding ortho intramolecular Hbond substituents is 1. The summed E-state index contributed by atoms with van der Waals surface area (Å²) in [6.45, 7) is 0. The third kappa shape index (κ3) is 1.85. The van der Waals surface area contributed by atoms with Gasteiger partial charge in [-0.15, -0.1) is 0 Å². The first-order valence-electron chi connectivity index (χ1n) is 7.23. The smallest absolute Gasteiger partial charge is 0.187 e. The molecule has 1 heterocycles. The molecule has 0 atom stereocenters. The van der Waals surface area contributed by atoms with Crippen LogP contribution >= 0.6 is 0 Å². The second kappa shape index (κ2) is 4.35. The Bertz CT molecular complexity index is 789. The lowest BCUT2D eigenvalue weighted by atomic mass is 9.82. The van der Waals surface area contributed by atoms with Crippen LogP contribution in [0, 0.1) is 17.0 Å². The van der Waals surface area contributed by atoms with Crippen LogP contribution in [0.1, 0.15) is 35.3 Å². The number of pyridine rings is 1. The summed E-state index contributed by atoms with van der Waals surface area (Å²) in [5, 5.41) is 9.15. The van der Waals surface area contributed by atoms with Crippen LogP contribution in [0.2, 0.25) is 0 Å². The molecule has 1 aromatic carbocycles. The summed E-state index contributed by atoms with van der Waals surface area (Å²) in [5.74, 6) is -2.89. The molecule has 0 bridgehead atoms. The molecule has 0 unspecified atom stereocenters. The van der Waals surface area contributed by atoms with Gasteiger partial charge in [-0.25, -0.2) is 8.78 Å². The van der Waals surface area contributed by atoms with Crippen molar-refractivity contribution in [1.82, 2.24) is 4.98 Å². The van der Waals surface area contributed by atoms with Crippen LogP contribution in [0.5, 0.6) is 5.75 Å². The standard InChI is InChI=1S/C17H13F2NO2/c18-11-7-9(8-12(19)15(11)21)13-2-1-10-14(20-13)3-4-17(5-6-17)16(10)22/h1-2,7-8,21H,3-6H2. The summed E-state index contributed by atoms with van der Waals surface area (Å²) in [7, 11) is 0. The van der Waals surface area contributed by atoms with E-state index >= 15 is 0 Å². The van der Waals surface area contributed by atoms with Gasteiger partial charge in [0.1, 0.15) is 0 Å². The molecule has 0 saturated heterocycles. The molecular weight excluding hydrogens is 288 g/mol. The van der Waals surface area contributed by atoms with Crippen molar-refractivity contribution in [1.29, 1.82) is 0 Å². The summed E-state index contributed by atoms with van der Waals surface area (Å²) in [5.41, 5.74) is 1.81. The number of ketones is 1. The SMILES string of the molecule is O=C1c2ccc(-c3cc(F)c(O)c(F)c3)nc2CCC12CC2. The number of hydrogen-bond donors (Lipinski definition) is 1. The molecule has 0 radical (unpaired) electrons. The normalized spacial score (nSPS) is 18.4. The Hall–Kier alpha value is -2.30. The molecule has 1 aromatic heterocycles. The molecule has 5 heteroatoms. The van der Waals surface area contributed by atoms with Crippen molar-refractivity contribution in [3.8, 4) is 17.0 Å². The number of halogens is 2. The maximum Gasteiger partial charge on any atom is 0.187 e. The first-order valence-corrected chi connectivity index (χ1v) is 7.23. The van der Waals surface area contributed by atoms with Gasteiger partial charge in [-0.3, -0.25) is 9.78 Å². The number of hydrogen-bond acceptors (Lipinski definition) is 3. The van der Waals surface area contributed by atoms with Crippen molar-refractivity contribution in [3.05, 3.63) is 47.2 Å². The summed E-state index contributed by atoms with van der Waals surface area (Å²) in [6, 6.07) is 5.38. The van der Waals surface area contributed by atoms with Crippen LogP contribution in [0.4, 0.5) is 8.78 Å².